The van der Waals surface area contributed by atoms with Crippen molar-refractivity contribution in [2.75, 3.05) is 11.9 Å². The van der Waals surface area contributed by atoms with Gasteiger partial charge in [-0.3, -0.25) is 4.79 Å². The first-order chi connectivity index (χ1) is 11.0. The van der Waals surface area contributed by atoms with Crippen LogP contribution in [0.5, 0.6) is 0 Å². The smallest absolute Gasteiger partial charge is 0.255 e. The summed E-state index contributed by atoms with van der Waals surface area (Å²) in [6.07, 6.45) is 0. The van der Waals surface area contributed by atoms with E-state index in [-0.39, 0.29) is 17.0 Å². The highest BCUT2D eigenvalue weighted by atomic mass is 32.2. The zero-order valence-electron chi connectivity index (χ0n) is 12.4. The second-order valence-corrected chi connectivity index (χ2v) is 6.44. The fraction of sp³-hybridized carbons (Fsp3) is 0.125. The van der Waals surface area contributed by atoms with Crippen molar-refractivity contribution in [1.29, 1.82) is 5.26 Å². The Balaban J connectivity index is 2.25. The van der Waals surface area contributed by atoms with Gasteiger partial charge in [0.05, 0.1) is 16.5 Å². The summed E-state index contributed by atoms with van der Waals surface area (Å²) in [4.78, 5) is 12.3. The lowest BCUT2D eigenvalue weighted by atomic mass is 10.2. The number of hydrogen-bond donors (Lipinski definition) is 2. The number of nitrogens with one attached hydrogen (secondary N) is 2. The molecule has 0 fully saturated rings. The molecule has 118 valence electrons. The minimum atomic E-state index is -3.62. The first kappa shape index (κ1) is 16.7. The van der Waals surface area contributed by atoms with Crippen LogP contribution in [0.4, 0.5) is 5.69 Å². The number of nitrogens with zero attached hydrogens (tertiary/aromatic N) is 1. The van der Waals surface area contributed by atoms with Gasteiger partial charge in [-0.2, -0.15) is 5.26 Å². The van der Waals surface area contributed by atoms with E-state index in [1.54, 1.807) is 25.1 Å². The molecule has 23 heavy (non-hydrogen) atoms. The summed E-state index contributed by atoms with van der Waals surface area (Å²) in [5.41, 5.74) is 1.10. The van der Waals surface area contributed by atoms with Crippen molar-refractivity contribution < 1.29 is 13.2 Å². The lowest BCUT2D eigenvalue weighted by Gasteiger charge is -2.08. The molecule has 2 aromatic carbocycles. The van der Waals surface area contributed by atoms with Crippen LogP contribution in [0, 0.1) is 11.3 Å². The molecule has 0 bridgehead atoms. The molecule has 0 heterocycles. The minimum absolute atomic E-state index is 0.0257. The van der Waals surface area contributed by atoms with E-state index in [2.05, 4.69) is 10.0 Å². The normalized spacial score (nSPS) is 10.8. The van der Waals surface area contributed by atoms with E-state index < -0.39 is 15.9 Å². The van der Waals surface area contributed by atoms with Gasteiger partial charge in [0, 0.05) is 17.8 Å². The number of rotatable bonds is 5. The van der Waals surface area contributed by atoms with Crippen LogP contribution in [0.2, 0.25) is 0 Å². The summed E-state index contributed by atoms with van der Waals surface area (Å²) >= 11 is 0. The van der Waals surface area contributed by atoms with Gasteiger partial charge in [0.2, 0.25) is 10.0 Å². The molecule has 2 rings (SSSR count). The van der Waals surface area contributed by atoms with Crippen molar-refractivity contribution in [2.24, 2.45) is 0 Å². The Labute approximate surface area is 134 Å². The van der Waals surface area contributed by atoms with Crippen molar-refractivity contribution in [3.8, 4) is 6.07 Å². The molecule has 0 aromatic heterocycles. The van der Waals surface area contributed by atoms with E-state index in [0.717, 1.165) is 0 Å². The second-order valence-electron chi connectivity index (χ2n) is 4.68. The summed E-state index contributed by atoms with van der Waals surface area (Å²) in [7, 11) is -3.62. The molecule has 0 unspecified atom stereocenters. The fourth-order valence-electron chi connectivity index (χ4n) is 1.95. The Morgan fingerprint density at radius 1 is 1.17 bits per heavy atom. The monoisotopic (exact) mass is 329 g/mol. The van der Waals surface area contributed by atoms with E-state index in [9.17, 15) is 13.2 Å². The topological polar surface area (TPSA) is 99.1 Å². The van der Waals surface area contributed by atoms with Gasteiger partial charge in [0.15, 0.2) is 0 Å². The van der Waals surface area contributed by atoms with Gasteiger partial charge < -0.3 is 5.32 Å². The van der Waals surface area contributed by atoms with Crippen LogP contribution >= 0.6 is 0 Å². The molecule has 0 aliphatic rings. The first-order valence-electron chi connectivity index (χ1n) is 6.87. The van der Waals surface area contributed by atoms with E-state index in [4.69, 9.17) is 5.26 Å². The van der Waals surface area contributed by atoms with Crippen LogP contribution in [-0.4, -0.2) is 20.9 Å². The quantitative estimate of drug-likeness (QED) is 0.877. The number of sulfonamides is 1. The molecular weight excluding hydrogens is 314 g/mol. The molecular formula is C16H15N3O3S. The fourth-order valence-corrected chi connectivity index (χ4v) is 3.03. The number of carbonyl (C=O) groups excluding carboxylic acids is 1. The van der Waals surface area contributed by atoms with Crippen LogP contribution < -0.4 is 10.0 Å². The van der Waals surface area contributed by atoms with Crippen LogP contribution in [0.1, 0.15) is 22.8 Å². The molecule has 1 amide bonds. The Kier molecular flexibility index (Phi) is 5.11. The lowest BCUT2D eigenvalue weighted by Crippen LogP contribution is -2.23. The Bertz CT molecular complexity index is 870. The van der Waals surface area contributed by atoms with Gasteiger partial charge in [-0.05, 0) is 36.4 Å². The molecule has 0 radical (unpaired) electrons. The average molecular weight is 329 g/mol. The first-order valence-corrected chi connectivity index (χ1v) is 8.36. The lowest BCUT2D eigenvalue weighted by molar-refractivity contribution is 0.102. The van der Waals surface area contributed by atoms with E-state index in [0.29, 0.717) is 11.3 Å². The highest BCUT2D eigenvalue weighted by Gasteiger charge is 2.15. The van der Waals surface area contributed by atoms with Crippen LogP contribution in [0.3, 0.4) is 0 Å². The van der Waals surface area contributed by atoms with Crippen LogP contribution in [-0.2, 0) is 10.0 Å². The summed E-state index contributed by atoms with van der Waals surface area (Å²) in [5.74, 6) is -0.450. The van der Waals surface area contributed by atoms with Crippen molar-refractivity contribution >= 4 is 21.6 Å². The van der Waals surface area contributed by atoms with Crippen molar-refractivity contribution in [3.05, 3.63) is 59.7 Å². The van der Waals surface area contributed by atoms with E-state index in [1.165, 1.54) is 30.3 Å². The van der Waals surface area contributed by atoms with E-state index >= 15 is 0 Å². The molecule has 0 aliphatic carbocycles. The number of nitriles is 1. The number of carbonyl (C=O) groups is 1. The van der Waals surface area contributed by atoms with Gasteiger partial charge in [-0.1, -0.05) is 19.1 Å². The second kappa shape index (κ2) is 7.05. The van der Waals surface area contributed by atoms with Crippen molar-refractivity contribution in [3.63, 3.8) is 0 Å². The molecule has 0 atom stereocenters. The highest BCUT2D eigenvalue weighted by Crippen LogP contribution is 2.15. The third kappa shape index (κ3) is 4.16. The van der Waals surface area contributed by atoms with E-state index in [1.807, 2.05) is 6.07 Å². The predicted molar refractivity (Wildman–Crippen MR) is 86.4 cm³/mol. The highest BCUT2D eigenvalue weighted by molar-refractivity contribution is 7.89. The SMILES string of the molecule is CCNS(=O)(=O)c1cccc(C(=O)Nc2cccc(C#N)c2)c1. The molecule has 2 aromatic rings. The van der Waals surface area contributed by atoms with Gasteiger partial charge >= 0.3 is 0 Å². The molecule has 6 nitrogen and oxygen atoms in total. The molecule has 0 saturated heterocycles. The maximum absolute atomic E-state index is 12.2. The molecule has 0 spiro atoms. The molecule has 2 N–H and O–H groups in total. The Morgan fingerprint density at radius 2 is 1.91 bits per heavy atom. The molecule has 7 heteroatoms. The van der Waals surface area contributed by atoms with Crippen molar-refractivity contribution in [1.82, 2.24) is 4.72 Å². The number of amides is 1. The largest absolute Gasteiger partial charge is 0.322 e. The molecule has 0 saturated carbocycles. The summed E-state index contributed by atoms with van der Waals surface area (Å²) in [6, 6.07) is 14.2. The van der Waals surface area contributed by atoms with Crippen LogP contribution in [0.25, 0.3) is 0 Å². The van der Waals surface area contributed by atoms with Crippen LogP contribution in [0.15, 0.2) is 53.4 Å². The Hall–Kier alpha value is -2.69. The van der Waals surface area contributed by atoms with Gasteiger partial charge in [-0.25, -0.2) is 13.1 Å². The summed E-state index contributed by atoms with van der Waals surface area (Å²) < 4.78 is 26.3. The summed E-state index contributed by atoms with van der Waals surface area (Å²) in [6.45, 7) is 1.94. The zero-order valence-corrected chi connectivity index (χ0v) is 13.2. The third-order valence-electron chi connectivity index (χ3n) is 2.99. The minimum Gasteiger partial charge on any atom is -0.322 e. The maximum atomic E-state index is 12.2. The average Bonchev–Trinajstić information content (AvgIpc) is 2.55. The standard InChI is InChI=1S/C16H15N3O3S/c1-2-18-23(21,22)15-8-4-6-13(10-15)16(20)19-14-7-3-5-12(9-14)11-17/h3-10,18H,2H2,1H3,(H,19,20). The van der Waals surface area contributed by atoms with Gasteiger partial charge in [-0.15, -0.1) is 0 Å². The number of benzene rings is 2. The molecule has 0 aliphatic heterocycles. The third-order valence-corrected chi connectivity index (χ3v) is 4.53. The summed E-state index contributed by atoms with van der Waals surface area (Å²) in [5, 5.41) is 11.5. The van der Waals surface area contributed by atoms with Gasteiger partial charge in [0.25, 0.3) is 5.91 Å². The maximum Gasteiger partial charge on any atom is 0.255 e. The number of hydrogen-bond acceptors (Lipinski definition) is 4. The zero-order chi connectivity index (χ0) is 16.9. The predicted octanol–water partition coefficient (Wildman–Crippen LogP) is 2.11. The van der Waals surface area contributed by atoms with Gasteiger partial charge in [0.1, 0.15) is 0 Å². The number of anilines is 1. The Morgan fingerprint density at radius 3 is 2.61 bits per heavy atom. The van der Waals surface area contributed by atoms with Crippen molar-refractivity contribution in [2.45, 2.75) is 11.8 Å².